The average molecular weight is 250 g/mol. The molecular formula is C13H18N2O3. The molecule has 0 bridgehead atoms. The fraction of sp³-hybridized carbons (Fsp3) is 0.462. The summed E-state index contributed by atoms with van der Waals surface area (Å²) in [4.78, 5) is 26.2. The van der Waals surface area contributed by atoms with E-state index in [2.05, 4.69) is 10.3 Å². The van der Waals surface area contributed by atoms with E-state index in [1.54, 1.807) is 0 Å². The van der Waals surface area contributed by atoms with Crippen molar-refractivity contribution in [2.24, 2.45) is 5.41 Å². The van der Waals surface area contributed by atoms with Crippen molar-refractivity contribution in [3.05, 3.63) is 29.6 Å². The van der Waals surface area contributed by atoms with Gasteiger partial charge in [-0.3, -0.25) is 4.79 Å². The van der Waals surface area contributed by atoms with E-state index in [1.165, 1.54) is 18.3 Å². The number of carboxylic acids is 1. The van der Waals surface area contributed by atoms with Crippen molar-refractivity contribution in [3.8, 4) is 0 Å². The molecule has 1 aromatic heterocycles. The number of nitrogens with one attached hydrogen (secondary N) is 1. The van der Waals surface area contributed by atoms with E-state index in [9.17, 15) is 9.59 Å². The Balaban J connectivity index is 2.76. The van der Waals surface area contributed by atoms with Crippen molar-refractivity contribution >= 4 is 11.9 Å². The van der Waals surface area contributed by atoms with E-state index >= 15 is 0 Å². The summed E-state index contributed by atoms with van der Waals surface area (Å²) in [7, 11) is 0. The Morgan fingerprint density at radius 2 is 1.94 bits per heavy atom. The van der Waals surface area contributed by atoms with Crippen LogP contribution >= 0.6 is 0 Å². The number of aromatic carboxylic acids is 1. The van der Waals surface area contributed by atoms with Gasteiger partial charge >= 0.3 is 5.97 Å². The first-order valence-corrected chi connectivity index (χ1v) is 5.72. The van der Waals surface area contributed by atoms with Gasteiger partial charge in [0.25, 0.3) is 5.91 Å². The number of rotatable bonds is 3. The van der Waals surface area contributed by atoms with Crippen LogP contribution in [0.1, 0.15) is 48.5 Å². The highest BCUT2D eigenvalue weighted by atomic mass is 16.4. The van der Waals surface area contributed by atoms with Crippen LogP contribution in [0, 0.1) is 5.41 Å². The summed E-state index contributed by atoms with van der Waals surface area (Å²) < 4.78 is 0. The van der Waals surface area contributed by atoms with Gasteiger partial charge in [-0.1, -0.05) is 20.8 Å². The fourth-order valence-corrected chi connectivity index (χ4v) is 1.15. The molecule has 0 aliphatic rings. The van der Waals surface area contributed by atoms with E-state index in [-0.39, 0.29) is 23.1 Å². The second-order valence-electron chi connectivity index (χ2n) is 5.30. The number of hydrogen-bond donors (Lipinski definition) is 2. The van der Waals surface area contributed by atoms with E-state index in [1.807, 2.05) is 27.7 Å². The molecule has 0 saturated carbocycles. The lowest BCUT2D eigenvalue weighted by Gasteiger charge is -2.28. The molecule has 0 aliphatic heterocycles. The molecule has 0 fully saturated rings. The number of pyridine rings is 1. The molecule has 1 aromatic rings. The van der Waals surface area contributed by atoms with Crippen molar-refractivity contribution in [1.29, 1.82) is 0 Å². The van der Waals surface area contributed by atoms with Crippen LogP contribution in [-0.4, -0.2) is 28.0 Å². The molecule has 0 aliphatic carbocycles. The maximum Gasteiger partial charge on any atom is 0.354 e. The molecule has 2 N–H and O–H groups in total. The number of carboxylic acid groups (broad SMARTS) is 1. The van der Waals surface area contributed by atoms with Gasteiger partial charge in [-0.2, -0.15) is 0 Å². The van der Waals surface area contributed by atoms with Gasteiger partial charge in [0.15, 0.2) is 0 Å². The summed E-state index contributed by atoms with van der Waals surface area (Å²) >= 11 is 0. The van der Waals surface area contributed by atoms with E-state index in [0.717, 1.165) is 0 Å². The molecule has 1 heterocycles. The number of aromatic nitrogens is 1. The molecule has 0 radical (unpaired) electrons. The van der Waals surface area contributed by atoms with Gasteiger partial charge < -0.3 is 10.4 Å². The first kappa shape index (κ1) is 14.2. The predicted octanol–water partition coefficient (Wildman–Crippen LogP) is 1.94. The number of hydrogen-bond acceptors (Lipinski definition) is 3. The van der Waals surface area contributed by atoms with Gasteiger partial charge in [-0.25, -0.2) is 9.78 Å². The second-order valence-corrected chi connectivity index (χ2v) is 5.30. The molecule has 18 heavy (non-hydrogen) atoms. The monoisotopic (exact) mass is 250 g/mol. The third-order valence-electron chi connectivity index (χ3n) is 2.89. The summed E-state index contributed by atoms with van der Waals surface area (Å²) in [5, 5.41) is 11.6. The molecule has 1 atom stereocenters. The van der Waals surface area contributed by atoms with E-state index in [4.69, 9.17) is 5.11 Å². The molecule has 1 unspecified atom stereocenters. The first-order chi connectivity index (χ1) is 8.21. The van der Waals surface area contributed by atoms with Crippen LogP contribution in [0.15, 0.2) is 18.3 Å². The van der Waals surface area contributed by atoms with Crippen LogP contribution in [0.4, 0.5) is 0 Å². The molecule has 1 rings (SSSR count). The van der Waals surface area contributed by atoms with Crippen LogP contribution in [0.2, 0.25) is 0 Å². The van der Waals surface area contributed by atoms with Gasteiger partial charge in [-0.15, -0.1) is 0 Å². The Morgan fingerprint density at radius 3 is 2.33 bits per heavy atom. The Kier molecular flexibility index (Phi) is 4.06. The zero-order chi connectivity index (χ0) is 13.9. The lowest BCUT2D eigenvalue weighted by atomic mass is 9.88. The zero-order valence-electron chi connectivity index (χ0n) is 11.0. The van der Waals surface area contributed by atoms with Gasteiger partial charge in [0, 0.05) is 12.2 Å². The van der Waals surface area contributed by atoms with Gasteiger partial charge in [-0.05, 0) is 24.5 Å². The van der Waals surface area contributed by atoms with Crippen LogP contribution in [0.3, 0.4) is 0 Å². The third kappa shape index (κ3) is 3.55. The number of amides is 1. The lowest BCUT2D eigenvalue weighted by molar-refractivity contribution is 0.0689. The quantitative estimate of drug-likeness (QED) is 0.859. The van der Waals surface area contributed by atoms with Crippen LogP contribution in [0.5, 0.6) is 0 Å². The van der Waals surface area contributed by atoms with Gasteiger partial charge in [0.1, 0.15) is 5.69 Å². The molecule has 5 nitrogen and oxygen atoms in total. The molecule has 5 heteroatoms. The number of nitrogens with zero attached hydrogens (tertiary/aromatic N) is 1. The topological polar surface area (TPSA) is 79.3 Å². The largest absolute Gasteiger partial charge is 0.477 e. The van der Waals surface area contributed by atoms with Crippen LogP contribution in [0.25, 0.3) is 0 Å². The summed E-state index contributed by atoms with van der Waals surface area (Å²) in [6, 6.07) is 2.78. The Bertz CT molecular complexity index is 446. The Hall–Kier alpha value is -1.91. The van der Waals surface area contributed by atoms with Crippen LogP contribution in [-0.2, 0) is 0 Å². The minimum absolute atomic E-state index is 0.00384. The van der Waals surface area contributed by atoms with Gasteiger partial charge in [0.05, 0.1) is 5.56 Å². The molecule has 98 valence electrons. The predicted molar refractivity (Wildman–Crippen MR) is 67.6 cm³/mol. The highest BCUT2D eigenvalue weighted by Gasteiger charge is 2.22. The average Bonchev–Trinajstić information content (AvgIpc) is 2.27. The van der Waals surface area contributed by atoms with Crippen molar-refractivity contribution in [2.45, 2.75) is 33.7 Å². The minimum atomic E-state index is -1.11. The normalized spacial score (nSPS) is 12.9. The highest BCUT2D eigenvalue weighted by molar-refractivity contribution is 5.95. The summed E-state index contributed by atoms with van der Waals surface area (Å²) in [6.07, 6.45) is 1.27. The zero-order valence-corrected chi connectivity index (χ0v) is 11.0. The van der Waals surface area contributed by atoms with Crippen molar-refractivity contribution in [1.82, 2.24) is 10.3 Å². The smallest absolute Gasteiger partial charge is 0.354 e. The second kappa shape index (κ2) is 5.16. The summed E-state index contributed by atoms with van der Waals surface area (Å²) in [6.45, 7) is 8.02. The van der Waals surface area contributed by atoms with Crippen LogP contribution < -0.4 is 5.32 Å². The number of carbonyl (C=O) groups is 2. The Labute approximate surface area is 106 Å². The molecule has 0 aromatic carbocycles. The minimum Gasteiger partial charge on any atom is -0.477 e. The maximum absolute atomic E-state index is 11.9. The van der Waals surface area contributed by atoms with E-state index in [0.29, 0.717) is 5.56 Å². The first-order valence-electron chi connectivity index (χ1n) is 5.72. The fourth-order valence-electron chi connectivity index (χ4n) is 1.15. The third-order valence-corrected chi connectivity index (χ3v) is 2.89. The molecular weight excluding hydrogens is 232 g/mol. The molecule has 1 amide bonds. The maximum atomic E-state index is 11.9. The molecule has 0 saturated heterocycles. The highest BCUT2D eigenvalue weighted by Crippen LogP contribution is 2.18. The summed E-state index contributed by atoms with van der Waals surface area (Å²) in [5.74, 6) is -1.35. The number of carbonyl (C=O) groups excluding carboxylic acids is 1. The van der Waals surface area contributed by atoms with Gasteiger partial charge in [0.2, 0.25) is 0 Å². The lowest BCUT2D eigenvalue weighted by Crippen LogP contribution is -2.41. The summed E-state index contributed by atoms with van der Waals surface area (Å²) in [5.41, 5.74) is 0.246. The van der Waals surface area contributed by atoms with Crippen molar-refractivity contribution in [2.75, 3.05) is 0 Å². The van der Waals surface area contributed by atoms with Crippen molar-refractivity contribution in [3.63, 3.8) is 0 Å². The SMILES string of the molecule is CC(NC(=O)c1ccc(C(=O)O)nc1)C(C)(C)C. The molecule has 0 spiro atoms. The Morgan fingerprint density at radius 1 is 1.33 bits per heavy atom. The standard InChI is InChI=1S/C13H18N2O3/c1-8(13(2,3)4)15-11(16)9-5-6-10(12(17)18)14-7-9/h5-8H,1-4H3,(H,15,16)(H,17,18). The van der Waals surface area contributed by atoms with E-state index < -0.39 is 5.97 Å². The van der Waals surface area contributed by atoms with Crippen molar-refractivity contribution < 1.29 is 14.7 Å².